The van der Waals surface area contributed by atoms with Crippen LogP contribution in [0.2, 0.25) is 10.0 Å². The van der Waals surface area contributed by atoms with Gasteiger partial charge in [0.05, 0.1) is 0 Å². The smallest absolute Gasteiger partial charge is 0.298 e. The second kappa shape index (κ2) is 7.79. The molecule has 1 aliphatic heterocycles. The number of amides is 1. The summed E-state index contributed by atoms with van der Waals surface area (Å²) in [4.78, 5) is 19.0. The molecule has 0 atom stereocenters. The Morgan fingerprint density at radius 2 is 1.85 bits per heavy atom. The second-order valence-electron chi connectivity index (χ2n) is 6.76. The van der Waals surface area contributed by atoms with Crippen LogP contribution in [0.4, 0.5) is 6.01 Å². The van der Waals surface area contributed by atoms with Crippen LogP contribution >= 0.6 is 23.2 Å². The summed E-state index contributed by atoms with van der Waals surface area (Å²) >= 11 is 11.9. The van der Waals surface area contributed by atoms with Crippen molar-refractivity contribution in [2.24, 2.45) is 5.92 Å². The number of hydrogen-bond donors (Lipinski definition) is 1. The Morgan fingerprint density at radius 1 is 1.15 bits per heavy atom. The summed E-state index contributed by atoms with van der Waals surface area (Å²) in [5.41, 5.74) is 2.17. The lowest BCUT2D eigenvalue weighted by molar-refractivity contribution is 0.0944. The fraction of sp³-hybridized carbons (Fsp3) is 0.300. The highest BCUT2D eigenvalue weighted by Gasteiger charge is 2.23. The van der Waals surface area contributed by atoms with E-state index in [0.29, 0.717) is 34.1 Å². The maximum atomic E-state index is 12.3. The molecule has 0 bridgehead atoms. The molecule has 1 aromatic heterocycles. The summed E-state index contributed by atoms with van der Waals surface area (Å²) in [5.74, 6) is 0.269. The lowest BCUT2D eigenvalue weighted by Gasteiger charge is -2.30. The number of aromatic nitrogens is 1. The van der Waals surface area contributed by atoms with Crippen molar-refractivity contribution in [2.75, 3.05) is 24.5 Å². The van der Waals surface area contributed by atoms with E-state index in [0.717, 1.165) is 37.0 Å². The van der Waals surface area contributed by atoms with Crippen molar-refractivity contribution in [1.29, 1.82) is 0 Å². The highest BCUT2D eigenvalue weighted by atomic mass is 35.5. The van der Waals surface area contributed by atoms with Gasteiger partial charge in [-0.05, 0) is 49.1 Å². The van der Waals surface area contributed by atoms with Gasteiger partial charge in [-0.1, -0.05) is 35.3 Å². The van der Waals surface area contributed by atoms with E-state index in [2.05, 4.69) is 15.2 Å². The average molecular weight is 404 g/mol. The summed E-state index contributed by atoms with van der Waals surface area (Å²) in [6, 6.07) is 13.3. The van der Waals surface area contributed by atoms with Gasteiger partial charge in [0.15, 0.2) is 5.58 Å². The zero-order valence-corrected chi connectivity index (χ0v) is 16.1. The first-order valence-corrected chi connectivity index (χ1v) is 9.69. The van der Waals surface area contributed by atoms with Crippen molar-refractivity contribution in [2.45, 2.75) is 12.8 Å². The first-order valence-electron chi connectivity index (χ1n) is 8.93. The Balaban J connectivity index is 1.31. The van der Waals surface area contributed by atoms with Gasteiger partial charge in [-0.15, -0.1) is 0 Å². The number of rotatable bonds is 4. The number of carbonyl (C=O) groups excluding carboxylic acids is 1. The molecule has 140 valence electrons. The van der Waals surface area contributed by atoms with Gasteiger partial charge in [-0.2, -0.15) is 4.98 Å². The molecule has 1 saturated heterocycles. The van der Waals surface area contributed by atoms with Gasteiger partial charge >= 0.3 is 0 Å². The number of nitrogens with zero attached hydrogens (tertiary/aromatic N) is 2. The third kappa shape index (κ3) is 4.20. The summed E-state index contributed by atoms with van der Waals surface area (Å²) in [5, 5.41) is 3.90. The predicted molar refractivity (Wildman–Crippen MR) is 108 cm³/mol. The van der Waals surface area contributed by atoms with E-state index in [9.17, 15) is 4.79 Å². The molecule has 0 radical (unpaired) electrons. The van der Waals surface area contributed by atoms with Gasteiger partial charge in [-0.3, -0.25) is 4.79 Å². The first kappa shape index (κ1) is 18.1. The maximum absolute atomic E-state index is 12.3. The van der Waals surface area contributed by atoms with E-state index in [4.69, 9.17) is 27.6 Å². The monoisotopic (exact) mass is 403 g/mol. The summed E-state index contributed by atoms with van der Waals surface area (Å²) < 4.78 is 5.84. The zero-order valence-electron chi connectivity index (χ0n) is 14.6. The number of hydrogen-bond acceptors (Lipinski definition) is 4. The lowest BCUT2D eigenvalue weighted by atomic mass is 9.97. The number of fused-ring (bicyclic) bond motifs is 1. The van der Waals surface area contributed by atoms with Crippen molar-refractivity contribution in [3.8, 4) is 0 Å². The predicted octanol–water partition coefficient (Wildman–Crippen LogP) is 4.78. The molecule has 1 N–H and O–H groups in total. The molecule has 5 nitrogen and oxygen atoms in total. The summed E-state index contributed by atoms with van der Waals surface area (Å²) in [6.45, 7) is 2.34. The minimum absolute atomic E-state index is 0.152. The molecular formula is C20H19Cl2N3O2. The number of nitrogens with one attached hydrogen (secondary N) is 1. The molecule has 4 rings (SSSR count). The number of para-hydroxylation sites is 2. The zero-order chi connectivity index (χ0) is 18.8. The molecule has 7 heteroatoms. The van der Waals surface area contributed by atoms with Crippen LogP contribution in [0.25, 0.3) is 11.1 Å². The molecule has 27 heavy (non-hydrogen) atoms. The van der Waals surface area contributed by atoms with Gasteiger partial charge in [0.1, 0.15) is 5.52 Å². The number of carbonyl (C=O) groups is 1. The maximum Gasteiger partial charge on any atom is 0.298 e. The Kier molecular flexibility index (Phi) is 5.23. The first-order chi connectivity index (χ1) is 13.1. The van der Waals surface area contributed by atoms with Gasteiger partial charge in [0, 0.05) is 35.2 Å². The molecule has 0 spiro atoms. The number of anilines is 1. The van der Waals surface area contributed by atoms with Crippen LogP contribution in [0.5, 0.6) is 0 Å². The van der Waals surface area contributed by atoms with Crippen molar-refractivity contribution < 1.29 is 9.21 Å². The molecule has 0 aliphatic carbocycles. The van der Waals surface area contributed by atoms with Crippen molar-refractivity contribution in [3.05, 3.63) is 58.1 Å². The van der Waals surface area contributed by atoms with Gasteiger partial charge in [0.25, 0.3) is 11.9 Å². The van der Waals surface area contributed by atoms with E-state index in [1.807, 2.05) is 24.3 Å². The molecule has 0 saturated carbocycles. The molecule has 1 aliphatic rings. The van der Waals surface area contributed by atoms with Crippen molar-refractivity contribution in [3.63, 3.8) is 0 Å². The summed E-state index contributed by atoms with van der Waals surface area (Å²) in [7, 11) is 0. The van der Waals surface area contributed by atoms with Gasteiger partial charge in [-0.25, -0.2) is 0 Å². The van der Waals surface area contributed by atoms with Crippen LogP contribution in [-0.4, -0.2) is 30.5 Å². The van der Waals surface area contributed by atoms with Gasteiger partial charge in [0.2, 0.25) is 0 Å². The minimum atomic E-state index is -0.152. The standard InChI is InChI=1S/C20H19Cl2N3O2/c21-15-9-14(10-16(22)11-15)19(26)23-12-13-5-7-25(8-6-13)20-24-17-3-1-2-4-18(17)27-20/h1-4,9-11,13H,5-8,12H2,(H,23,26). The van der Waals surface area contributed by atoms with Crippen molar-refractivity contribution >= 4 is 46.2 Å². The van der Waals surface area contributed by atoms with Crippen LogP contribution in [-0.2, 0) is 0 Å². The molecule has 3 aromatic rings. The summed E-state index contributed by atoms with van der Waals surface area (Å²) in [6.07, 6.45) is 1.94. The topological polar surface area (TPSA) is 58.4 Å². The van der Waals surface area contributed by atoms with Crippen LogP contribution < -0.4 is 10.2 Å². The normalized spacial score (nSPS) is 15.3. The SMILES string of the molecule is O=C(NCC1CCN(c2nc3ccccc3o2)CC1)c1cc(Cl)cc(Cl)c1. The number of oxazole rings is 1. The van der Waals surface area contributed by atoms with E-state index in [1.165, 1.54) is 0 Å². The molecule has 2 aromatic carbocycles. The molecule has 0 unspecified atom stereocenters. The number of piperidine rings is 1. The van der Waals surface area contributed by atoms with Crippen molar-refractivity contribution in [1.82, 2.24) is 10.3 Å². The van der Waals surface area contributed by atoms with Crippen LogP contribution in [0, 0.1) is 5.92 Å². The van der Waals surface area contributed by atoms with E-state index in [-0.39, 0.29) is 5.91 Å². The Labute approximate surface area is 167 Å². The van der Waals surface area contributed by atoms with Crippen LogP contribution in [0.15, 0.2) is 46.9 Å². The largest absolute Gasteiger partial charge is 0.423 e. The van der Waals surface area contributed by atoms with Crippen LogP contribution in [0.1, 0.15) is 23.2 Å². The lowest BCUT2D eigenvalue weighted by Crippen LogP contribution is -2.38. The quantitative estimate of drug-likeness (QED) is 0.680. The highest BCUT2D eigenvalue weighted by Crippen LogP contribution is 2.26. The number of halogens is 2. The highest BCUT2D eigenvalue weighted by molar-refractivity contribution is 6.35. The van der Waals surface area contributed by atoms with E-state index in [1.54, 1.807) is 18.2 Å². The fourth-order valence-corrected chi connectivity index (χ4v) is 3.87. The Morgan fingerprint density at radius 3 is 2.56 bits per heavy atom. The molecule has 2 heterocycles. The minimum Gasteiger partial charge on any atom is -0.423 e. The Bertz CT molecular complexity index is 912. The Hall–Kier alpha value is -2.24. The third-order valence-electron chi connectivity index (χ3n) is 4.84. The second-order valence-corrected chi connectivity index (χ2v) is 7.64. The van der Waals surface area contributed by atoms with Crippen LogP contribution in [0.3, 0.4) is 0 Å². The van der Waals surface area contributed by atoms with Gasteiger partial charge < -0.3 is 14.6 Å². The molecular weight excluding hydrogens is 385 g/mol. The molecule has 1 fully saturated rings. The average Bonchev–Trinajstić information content (AvgIpc) is 3.10. The van der Waals surface area contributed by atoms with E-state index >= 15 is 0 Å². The van der Waals surface area contributed by atoms with E-state index < -0.39 is 0 Å². The number of benzene rings is 2. The third-order valence-corrected chi connectivity index (χ3v) is 5.28. The molecule has 1 amide bonds. The fourth-order valence-electron chi connectivity index (χ4n) is 3.35.